The van der Waals surface area contributed by atoms with Crippen molar-refractivity contribution in [2.24, 2.45) is 0 Å². The summed E-state index contributed by atoms with van der Waals surface area (Å²) in [4.78, 5) is 0. The predicted molar refractivity (Wildman–Crippen MR) is 77.7 cm³/mol. The Hall–Kier alpha value is -0.990. The van der Waals surface area contributed by atoms with Crippen LogP contribution in [-0.2, 0) is 6.54 Å². The van der Waals surface area contributed by atoms with Crippen molar-refractivity contribution in [1.82, 2.24) is 0 Å². The van der Waals surface area contributed by atoms with Crippen LogP contribution < -0.4 is 5.32 Å². The van der Waals surface area contributed by atoms with Crippen molar-refractivity contribution in [3.05, 3.63) is 63.1 Å². The number of hydrogen-bond donors (Lipinski definition) is 1. The zero-order chi connectivity index (χ0) is 12.3. The Bertz CT molecular complexity index is 525. The van der Waals surface area contributed by atoms with Crippen molar-refractivity contribution in [2.75, 3.05) is 5.32 Å². The quantitative estimate of drug-likeness (QED) is 0.839. The summed E-state index contributed by atoms with van der Waals surface area (Å²) in [6, 6.07) is 14.0. The Balaban J connectivity index is 2.13. The molecule has 0 unspecified atom stereocenters. The molecule has 2 aromatic rings. The van der Waals surface area contributed by atoms with Crippen molar-refractivity contribution in [3.63, 3.8) is 0 Å². The van der Waals surface area contributed by atoms with E-state index >= 15 is 0 Å². The Morgan fingerprint density at radius 3 is 2.65 bits per heavy atom. The molecule has 0 aliphatic carbocycles. The lowest BCUT2D eigenvalue weighted by Gasteiger charge is -2.11. The molecule has 0 bridgehead atoms. The smallest absolute Gasteiger partial charge is 0.0455 e. The number of rotatable bonds is 3. The van der Waals surface area contributed by atoms with Crippen LogP contribution in [0.25, 0.3) is 0 Å². The maximum absolute atomic E-state index is 6.11. The van der Waals surface area contributed by atoms with Gasteiger partial charge in [0.25, 0.3) is 0 Å². The van der Waals surface area contributed by atoms with Crippen LogP contribution in [0.4, 0.5) is 5.69 Å². The standard InChI is InChI=1S/C14H13BrClN/c1-10-12(15)6-4-8-14(10)17-9-11-5-2-3-7-13(11)16/h2-8,17H,9H2,1H3. The first-order valence-corrected chi connectivity index (χ1v) is 6.58. The van der Waals surface area contributed by atoms with Gasteiger partial charge in [0.05, 0.1) is 0 Å². The molecule has 0 aromatic heterocycles. The normalized spacial score (nSPS) is 10.3. The zero-order valence-corrected chi connectivity index (χ0v) is 11.8. The predicted octanol–water partition coefficient (Wildman–Crippen LogP) is 5.02. The first-order chi connectivity index (χ1) is 8.18. The second kappa shape index (κ2) is 5.56. The molecule has 0 aliphatic heterocycles. The van der Waals surface area contributed by atoms with E-state index in [4.69, 9.17) is 11.6 Å². The fraction of sp³-hybridized carbons (Fsp3) is 0.143. The molecule has 1 N–H and O–H groups in total. The summed E-state index contributed by atoms with van der Waals surface area (Å²) >= 11 is 9.63. The highest BCUT2D eigenvalue weighted by Gasteiger charge is 2.02. The van der Waals surface area contributed by atoms with Gasteiger partial charge in [0.2, 0.25) is 0 Å². The van der Waals surface area contributed by atoms with E-state index in [2.05, 4.69) is 34.2 Å². The average molecular weight is 311 g/mol. The van der Waals surface area contributed by atoms with E-state index in [1.54, 1.807) is 0 Å². The van der Waals surface area contributed by atoms with Crippen LogP contribution in [0.3, 0.4) is 0 Å². The lowest BCUT2D eigenvalue weighted by Crippen LogP contribution is -2.01. The van der Waals surface area contributed by atoms with Gasteiger partial charge in [-0.3, -0.25) is 0 Å². The van der Waals surface area contributed by atoms with Crippen LogP contribution in [0.1, 0.15) is 11.1 Å². The molecule has 0 amide bonds. The van der Waals surface area contributed by atoms with Crippen molar-refractivity contribution in [1.29, 1.82) is 0 Å². The molecule has 2 rings (SSSR count). The SMILES string of the molecule is Cc1c(Br)cccc1NCc1ccccc1Cl. The first-order valence-electron chi connectivity index (χ1n) is 5.41. The number of nitrogens with one attached hydrogen (secondary N) is 1. The molecule has 0 saturated heterocycles. The Morgan fingerprint density at radius 1 is 1.12 bits per heavy atom. The largest absolute Gasteiger partial charge is 0.381 e. The van der Waals surface area contributed by atoms with Gasteiger partial charge in [-0.05, 0) is 36.2 Å². The van der Waals surface area contributed by atoms with E-state index in [0.717, 1.165) is 27.3 Å². The van der Waals surface area contributed by atoms with Crippen molar-refractivity contribution in [2.45, 2.75) is 13.5 Å². The summed E-state index contributed by atoms with van der Waals surface area (Å²) in [5.41, 5.74) is 3.44. The van der Waals surface area contributed by atoms with Gasteiger partial charge in [0, 0.05) is 21.7 Å². The summed E-state index contributed by atoms with van der Waals surface area (Å²) in [5.74, 6) is 0. The van der Waals surface area contributed by atoms with Crippen molar-refractivity contribution >= 4 is 33.2 Å². The Kier molecular flexibility index (Phi) is 4.08. The van der Waals surface area contributed by atoms with Crippen LogP contribution >= 0.6 is 27.5 Å². The summed E-state index contributed by atoms with van der Waals surface area (Å²) in [7, 11) is 0. The van der Waals surface area contributed by atoms with Gasteiger partial charge in [-0.2, -0.15) is 0 Å². The number of benzene rings is 2. The van der Waals surface area contributed by atoms with Crippen LogP contribution in [0.2, 0.25) is 5.02 Å². The molecule has 3 heteroatoms. The molecule has 17 heavy (non-hydrogen) atoms. The summed E-state index contributed by atoms with van der Waals surface area (Å²) in [6.45, 7) is 2.82. The van der Waals surface area contributed by atoms with Gasteiger partial charge in [-0.25, -0.2) is 0 Å². The van der Waals surface area contributed by atoms with Crippen LogP contribution in [0.5, 0.6) is 0 Å². The number of halogens is 2. The van der Waals surface area contributed by atoms with E-state index in [-0.39, 0.29) is 0 Å². The van der Waals surface area contributed by atoms with Crippen molar-refractivity contribution in [3.8, 4) is 0 Å². The Labute approximate surface area is 115 Å². The molecule has 0 heterocycles. The average Bonchev–Trinajstić information content (AvgIpc) is 2.33. The van der Waals surface area contributed by atoms with E-state index in [1.165, 1.54) is 5.56 Å². The number of anilines is 1. The highest BCUT2D eigenvalue weighted by atomic mass is 79.9. The molecule has 0 fully saturated rings. The fourth-order valence-corrected chi connectivity index (χ4v) is 2.20. The molecule has 0 radical (unpaired) electrons. The van der Waals surface area contributed by atoms with Gasteiger partial charge in [-0.15, -0.1) is 0 Å². The lowest BCUT2D eigenvalue weighted by molar-refractivity contribution is 1.14. The van der Waals surface area contributed by atoms with E-state index in [9.17, 15) is 0 Å². The minimum Gasteiger partial charge on any atom is -0.381 e. The van der Waals surface area contributed by atoms with Gasteiger partial charge in [-0.1, -0.05) is 51.8 Å². The molecule has 0 saturated carbocycles. The molecule has 0 spiro atoms. The van der Waals surface area contributed by atoms with Gasteiger partial charge < -0.3 is 5.32 Å². The molecular formula is C14H13BrClN. The molecular weight excluding hydrogens is 298 g/mol. The van der Waals surface area contributed by atoms with E-state index in [0.29, 0.717) is 0 Å². The third-order valence-electron chi connectivity index (χ3n) is 2.69. The van der Waals surface area contributed by atoms with E-state index < -0.39 is 0 Å². The topological polar surface area (TPSA) is 12.0 Å². The van der Waals surface area contributed by atoms with Gasteiger partial charge in [0.1, 0.15) is 0 Å². The maximum Gasteiger partial charge on any atom is 0.0455 e. The fourth-order valence-electron chi connectivity index (χ4n) is 1.63. The third-order valence-corrected chi connectivity index (χ3v) is 3.92. The van der Waals surface area contributed by atoms with Crippen LogP contribution in [0, 0.1) is 6.92 Å². The molecule has 1 nitrogen and oxygen atoms in total. The van der Waals surface area contributed by atoms with E-state index in [1.807, 2.05) is 36.4 Å². The highest BCUT2D eigenvalue weighted by Crippen LogP contribution is 2.24. The molecule has 2 aromatic carbocycles. The molecule has 0 aliphatic rings. The molecule has 0 atom stereocenters. The first kappa shape index (κ1) is 12.5. The second-order valence-corrected chi connectivity index (χ2v) is 5.12. The summed E-state index contributed by atoms with van der Waals surface area (Å²) < 4.78 is 1.11. The number of hydrogen-bond acceptors (Lipinski definition) is 1. The second-order valence-electron chi connectivity index (χ2n) is 3.86. The van der Waals surface area contributed by atoms with Crippen LogP contribution in [-0.4, -0.2) is 0 Å². The van der Waals surface area contributed by atoms with Gasteiger partial charge in [0.15, 0.2) is 0 Å². The maximum atomic E-state index is 6.11. The van der Waals surface area contributed by atoms with Gasteiger partial charge >= 0.3 is 0 Å². The minimum atomic E-state index is 0.733. The third kappa shape index (κ3) is 3.02. The monoisotopic (exact) mass is 309 g/mol. The zero-order valence-electron chi connectivity index (χ0n) is 9.50. The lowest BCUT2D eigenvalue weighted by atomic mass is 10.2. The minimum absolute atomic E-state index is 0.733. The molecule has 88 valence electrons. The van der Waals surface area contributed by atoms with Crippen LogP contribution in [0.15, 0.2) is 46.9 Å². The Morgan fingerprint density at radius 2 is 1.88 bits per heavy atom. The van der Waals surface area contributed by atoms with Crippen molar-refractivity contribution < 1.29 is 0 Å². The summed E-state index contributed by atoms with van der Waals surface area (Å²) in [6.07, 6.45) is 0. The summed E-state index contributed by atoms with van der Waals surface area (Å²) in [5, 5.41) is 4.20. The highest BCUT2D eigenvalue weighted by molar-refractivity contribution is 9.10.